The number of halogens is 2. The van der Waals surface area contributed by atoms with E-state index in [9.17, 15) is 4.39 Å². The van der Waals surface area contributed by atoms with Crippen LogP contribution in [0.15, 0.2) is 30.6 Å². The average molecular weight is 268 g/mol. The fourth-order valence-electron chi connectivity index (χ4n) is 1.75. The van der Waals surface area contributed by atoms with Crippen molar-refractivity contribution < 1.29 is 4.39 Å². The van der Waals surface area contributed by atoms with Gasteiger partial charge < -0.3 is 9.88 Å². The van der Waals surface area contributed by atoms with Gasteiger partial charge in [0.1, 0.15) is 11.6 Å². The lowest BCUT2D eigenvalue weighted by Gasteiger charge is -2.07. The maximum atomic E-state index is 13.5. The second kappa shape index (κ2) is 5.98. The Kier molecular flexibility index (Phi) is 4.33. The summed E-state index contributed by atoms with van der Waals surface area (Å²) < 4.78 is 15.4. The lowest BCUT2D eigenvalue weighted by molar-refractivity contribution is 0.584. The van der Waals surface area contributed by atoms with E-state index in [0.29, 0.717) is 17.1 Å². The fourth-order valence-corrected chi connectivity index (χ4v) is 1.98. The standard InChI is InChI=1S/C13H15ClFN3/c1-18-8-7-17-13(18)5-6-16-9-10-11(14)3-2-4-12(10)15/h2-4,7-8,16H,5-6,9H2,1H3. The van der Waals surface area contributed by atoms with Crippen molar-refractivity contribution >= 4 is 11.6 Å². The molecule has 0 aliphatic carbocycles. The molecule has 0 fully saturated rings. The highest BCUT2D eigenvalue weighted by Gasteiger charge is 2.06. The van der Waals surface area contributed by atoms with E-state index in [4.69, 9.17) is 11.6 Å². The Morgan fingerprint density at radius 2 is 2.28 bits per heavy atom. The van der Waals surface area contributed by atoms with Gasteiger partial charge in [-0.2, -0.15) is 0 Å². The number of nitrogens with zero attached hydrogens (tertiary/aromatic N) is 2. The van der Waals surface area contributed by atoms with Crippen molar-refractivity contribution in [2.75, 3.05) is 6.54 Å². The number of hydrogen-bond acceptors (Lipinski definition) is 2. The van der Waals surface area contributed by atoms with Gasteiger partial charge in [0.25, 0.3) is 0 Å². The highest BCUT2D eigenvalue weighted by Crippen LogP contribution is 2.18. The van der Waals surface area contributed by atoms with Crippen LogP contribution in [0.5, 0.6) is 0 Å². The Morgan fingerprint density at radius 3 is 2.94 bits per heavy atom. The van der Waals surface area contributed by atoms with Gasteiger partial charge in [-0.1, -0.05) is 17.7 Å². The molecular formula is C13H15ClFN3. The molecule has 0 atom stereocenters. The van der Waals surface area contributed by atoms with Crippen molar-refractivity contribution in [3.8, 4) is 0 Å². The van der Waals surface area contributed by atoms with Gasteiger partial charge in [-0.15, -0.1) is 0 Å². The quantitative estimate of drug-likeness (QED) is 0.844. The molecule has 18 heavy (non-hydrogen) atoms. The molecule has 0 saturated carbocycles. The largest absolute Gasteiger partial charge is 0.338 e. The molecule has 0 aliphatic rings. The summed E-state index contributed by atoms with van der Waals surface area (Å²) in [5, 5.41) is 3.63. The monoisotopic (exact) mass is 267 g/mol. The van der Waals surface area contributed by atoms with Crippen LogP contribution >= 0.6 is 11.6 Å². The van der Waals surface area contributed by atoms with Crippen LogP contribution < -0.4 is 5.32 Å². The number of aryl methyl sites for hydroxylation is 1. The number of rotatable bonds is 5. The normalized spacial score (nSPS) is 10.8. The molecule has 0 bridgehead atoms. The van der Waals surface area contributed by atoms with Gasteiger partial charge in [0.05, 0.1) is 0 Å². The molecule has 96 valence electrons. The van der Waals surface area contributed by atoms with Gasteiger partial charge >= 0.3 is 0 Å². The average Bonchev–Trinajstić information content (AvgIpc) is 2.73. The third kappa shape index (κ3) is 3.09. The lowest BCUT2D eigenvalue weighted by Crippen LogP contribution is -2.19. The zero-order valence-electron chi connectivity index (χ0n) is 10.2. The topological polar surface area (TPSA) is 29.9 Å². The second-order valence-corrected chi connectivity index (χ2v) is 4.49. The highest BCUT2D eigenvalue weighted by atomic mass is 35.5. The summed E-state index contributed by atoms with van der Waals surface area (Å²) in [5.41, 5.74) is 0.513. The Labute approximate surface area is 111 Å². The maximum Gasteiger partial charge on any atom is 0.129 e. The molecule has 0 radical (unpaired) electrons. The van der Waals surface area contributed by atoms with E-state index in [1.807, 2.05) is 17.8 Å². The zero-order chi connectivity index (χ0) is 13.0. The van der Waals surface area contributed by atoms with Crippen LogP contribution in [-0.4, -0.2) is 16.1 Å². The molecule has 5 heteroatoms. The van der Waals surface area contributed by atoms with Crippen LogP contribution in [0.1, 0.15) is 11.4 Å². The van der Waals surface area contributed by atoms with Crippen molar-refractivity contribution in [1.82, 2.24) is 14.9 Å². The third-order valence-electron chi connectivity index (χ3n) is 2.81. The Bertz CT molecular complexity index is 504. The summed E-state index contributed by atoms with van der Waals surface area (Å²) in [7, 11) is 1.95. The molecular weight excluding hydrogens is 253 g/mol. The molecule has 0 saturated heterocycles. The van der Waals surface area contributed by atoms with E-state index in [-0.39, 0.29) is 5.82 Å². The Balaban J connectivity index is 1.84. The summed E-state index contributed by atoms with van der Waals surface area (Å²) in [5.74, 6) is 0.731. The van der Waals surface area contributed by atoms with E-state index in [0.717, 1.165) is 18.8 Å². The van der Waals surface area contributed by atoms with Gasteiger partial charge in [-0.3, -0.25) is 0 Å². The first-order valence-electron chi connectivity index (χ1n) is 5.78. The summed E-state index contributed by atoms with van der Waals surface area (Å²) >= 11 is 5.94. The first-order valence-corrected chi connectivity index (χ1v) is 6.16. The van der Waals surface area contributed by atoms with E-state index in [1.165, 1.54) is 6.07 Å². The molecule has 0 unspecified atom stereocenters. The summed E-state index contributed by atoms with van der Waals surface area (Å²) in [6.45, 7) is 1.16. The number of hydrogen-bond donors (Lipinski definition) is 1. The molecule has 1 aromatic heterocycles. The first-order chi connectivity index (χ1) is 8.68. The molecule has 0 amide bonds. The minimum absolute atomic E-state index is 0.271. The minimum atomic E-state index is -0.271. The predicted molar refractivity (Wildman–Crippen MR) is 70.0 cm³/mol. The van der Waals surface area contributed by atoms with Gasteiger partial charge in [-0.25, -0.2) is 9.37 Å². The van der Waals surface area contributed by atoms with Crippen molar-refractivity contribution in [3.63, 3.8) is 0 Å². The van der Waals surface area contributed by atoms with Crippen LogP contribution in [0.4, 0.5) is 4.39 Å². The SMILES string of the molecule is Cn1ccnc1CCNCc1c(F)cccc1Cl. The van der Waals surface area contributed by atoms with E-state index in [2.05, 4.69) is 10.3 Å². The van der Waals surface area contributed by atoms with Gasteiger partial charge in [0, 0.05) is 49.5 Å². The van der Waals surface area contributed by atoms with E-state index < -0.39 is 0 Å². The van der Waals surface area contributed by atoms with Crippen molar-refractivity contribution in [3.05, 3.63) is 52.8 Å². The Morgan fingerprint density at radius 1 is 1.44 bits per heavy atom. The smallest absolute Gasteiger partial charge is 0.129 e. The first kappa shape index (κ1) is 13.1. The van der Waals surface area contributed by atoms with Crippen molar-refractivity contribution in [2.24, 2.45) is 7.05 Å². The second-order valence-electron chi connectivity index (χ2n) is 4.08. The maximum absolute atomic E-state index is 13.5. The predicted octanol–water partition coefficient (Wildman–Crippen LogP) is 2.54. The molecule has 2 aromatic rings. The summed E-state index contributed by atoms with van der Waals surface area (Å²) in [4.78, 5) is 4.22. The van der Waals surface area contributed by atoms with Crippen molar-refractivity contribution in [1.29, 1.82) is 0 Å². The molecule has 2 rings (SSSR count). The van der Waals surface area contributed by atoms with Crippen LogP contribution in [0.2, 0.25) is 5.02 Å². The number of benzene rings is 1. The van der Waals surface area contributed by atoms with Crippen molar-refractivity contribution in [2.45, 2.75) is 13.0 Å². The number of nitrogens with one attached hydrogen (secondary N) is 1. The van der Waals surface area contributed by atoms with Crippen LogP contribution in [-0.2, 0) is 20.0 Å². The molecule has 1 N–H and O–H groups in total. The zero-order valence-corrected chi connectivity index (χ0v) is 10.9. The number of aromatic nitrogens is 2. The van der Waals surface area contributed by atoms with E-state index in [1.54, 1.807) is 18.3 Å². The van der Waals surface area contributed by atoms with Gasteiger partial charge in [0.2, 0.25) is 0 Å². The van der Waals surface area contributed by atoms with Gasteiger partial charge in [-0.05, 0) is 12.1 Å². The summed E-state index contributed by atoms with van der Waals surface area (Å²) in [6.07, 6.45) is 4.47. The molecule has 0 spiro atoms. The summed E-state index contributed by atoms with van der Waals surface area (Å²) in [6, 6.07) is 4.72. The molecule has 1 aromatic carbocycles. The van der Waals surface area contributed by atoms with Crippen LogP contribution in [0.3, 0.4) is 0 Å². The van der Waals surface area contributed by atoms with Gasteiger partial charge in [0.15, 0.2) is 0 Å². The molecule has 3 nitrogen and oxygen atoms in total. The molecule has 1 heterocycles. The third-order valence-corrected chi connectivity index (χ3v) is 3.16. The van der Waals surface area contributed by atoms with Crippen LogP contribution in [0, 0.1) is 5.82 Å². The lowest BCUT2D eigenvalue weighted by atomic mass is 10.2. The number of imidazole rings is 1. The fraction of sp³-hybridized carbons (Fsp3) is 0.308. The highest BCUT2D eigenvalue weighted by molar-refractivity contribution is 6.31. The molecule has 0 aliphatic heterocycles. The minimum Gasteiger partial charge on any atom is -0.338 e. The van der Waals surface area contributed by atoms with E-state index >= 15 is 0 Å². The Hall–Kier alpha value is -1.39. The van der Waals surface area contributed by atoms with Crippen LogP contribution in [0.25, 0.3) is 0 Å².